The van der Waals surface area contributed by atoms with Crippen molar-refractivity contribution in [1.82, 2.24) is 5.32 Å². The average Bonchev–Trinajstić information content (AvgIpc) is 2.63. The lowest BCUT2D eigenvalue weighted by Crippen LogP contribution is -2.18. The van der Waals surface area contributed by atoms with Crippen LogP contribution >= 0.6 is 0 Å². The molecular weight excluding hydrogens is 228 g/mol. The zero-order valence-corrected chi connectivity index (χ0v) is 10.4. The molecule has 4 nitrogen and oxygen atoms in total. The van der Waals surface area contributed by atoms with Gasteiger partial charge in [0.05, 0.1) is 19.3 Å². The predicted octanol–water partition coefficient (Wildman–Crippen LogP) is 1.89. The van der Waals surface area contributed by atoms with Crippen LogP contribution in [0.5, 0.6) is 11.5 Å². The van der Waals surface area contributed by atoms with E-state index in [9.17, 15) is 0 Å². The van der Waals surface area contributed by atoms with E-state index in [4.69, 9.17) is 14.7 Å². The minimum absolute atomic E-state index is 0.557. The fourth-order valence-electron chi connectivity index (χ4n) is 1.87. The zero-order chi connectivity index (χ0) is 12.6. The van der Waals surface area contributed by atoms with Crippen molar-refractivity contribution in [3.8, 4) is 17.6 Å². The summed E-state index contributed by atoms with van der Waals surface area (Å²) in [5.74, 6) is 1.69. The minimum atomic E-state index is 0.557. The molecule has 0 atom stereocenters. The molecule has 0 aromatic heterocycles. The van der Waals surface area contributed by atoms with E-state index in [1.165, 1.54) is 5.56 Å². The average molecular weight is 246 g/mol. The highest BCUT2D eigenvalue weighted by molar-refractivity contribution is 5.43. The highest BCUT2D eigenvalue weighted by Gasteiger charge is 2.10. The van der Waals surface area contributed by atoms with Crippen LogP contribution in [-0.4, -0.2) is 26.3 Å². The number of benzene rings is 1. The first kappa shape index (κ1) is 12.7. The fourth-order valence-corrected chi connectivity index (χ4v) is 1.87. The number of ether oxygens (including phenoxy) is 2. The zero-order valence-electron chi connectivity index (χ0n) is 10.4. The summed E-state index contributed by atoms with van der Waals surface area (Å²) in [6.07, 6.45) is 2.42. The van der Waals surface area contributed by atoms with Gasteiger partial charge in [-0.2, -0.15) is 5.26 Å². The molecular formula is C14H18N2O2. The third-order valence-electron chi connectivity index (χ3n) is 2.82. The van der Waals surface area contributed by atoms with Gasteiger partial charge in [-0.05, 0) is 30.7 Å². The first-order valence-corrected chi connectivity index (χ1v) is 6.36. The molecule has 1 heterocycles. The number of nitrogens with one attached hydrogen (secondary N) is 1. The van der Waals surface area contributed by atoms with Crippen LogP contribution in [-0.2, 0) is 6.42 Å². The first-order valence-electron chi connectivity index (χ1n) is 6.36. The van der Waals surface area contributed by atoms with Gasteiger partial charge in [-0.15, -0.1) is 0 Å². The monoisotopic (exact) mass is 246 g/mol. The van der Waals surface area contributed by atoms with Gasteiger partial charge < -0.3 is 14.8 Å². The molecule has 0 saturated carbocycles. The van der Waals surface area contributed by atoms with Crippen LogP contribution in [0, 0.1) is 11.3 Å². The van der Waals surface area contributed by atoms with Crippen molar-refractivity contribution in [1.29, 1.82) is 5.26 Å². The fraction of sp³-hybridized carbons (Fsp3) is 0.500. The molecule has 1 aliphatic rings. The molecule has 0 saturated heterocycles. The van der Waals surface area contributed by atoms with Gasteiger partial charge in [-0.1, -0.05) is 6.07 Å². The minimum Gasteiger partial charge on any atom is -0.490 e. The molecule has 0 aliphatic carbocycles. The van der Waals surface area contributed by atoms with Gasteiger partial charge in [0.25, 0.3) is 0 Å². The first-order chi connectivity index (χ1) is 8.90. The van der Waals surface area contributed by atoms with E-state index in [0.717, 1.165) is 50.6 Å². The number of hydrogen-bond donors (Lipinski definition) is 1. The van der Waals surface area contributed by atoms with E-state index < -0.39 is 0 Å². The Morgan fingerprint density at radius 1 is 1.17 bits per heavy atom. The quantitative estimate of drug-likeness (QED) is 0.806. The van der Waals surface area contributed by atoms with E-state index in [-0.39, 0.29) is 0 Å². The van der Waals surface area contributed by atoms with Gasteiger partial charge in [-0.25, -0.2) is 0 Å². The Bertz CT molecular complexity index is 426. The summed E-state index contributed by atoms with van der Waals surface area (Å²) in [7, 11) is 0. The SMILES string of the molecule is N#CCCNCCc1ccc2c(c1)OCCCO2. The second-order valence-corrected chi connectivity index (χ2v) is 4.24. The van der Waals surface area contributed by atoms with Crippen LogP contribution < -0.4 is 14.8 Å². The molecule has 0 unspecified atom stereocenters. The number of fused-ring (bicyclic) bond motifs is 1. The Labute approximate surface area is 108 Å². The van der Waals surface area contributed by atoms with Crippen molar-refractivity contribution in [2.45, 2.75) is 19.3 Å². The van der Waals surface area contributed by atoms with Crippen molar-refractivity contribution in [3.63, 3.8) is 0 Å². The van der Waals surface area contributed by atoms with Crippen LogP contribution in [0.15, 0.2) is 18.2 Å². The van der Waals surface area contributed by atoms with Crippen molar-refractivity contribution in [3.05, 3.63) is 23.8 Å². The van der Waals surface area contributed by atoms with Crippen LogP contribution in [0.4, 0.5) is 0 Å². The summed E-state index contributed by atoms with van der Waals surface area (Å²) >= 11 is 0. The number of nitriles is 1. The van der Waals surface area contributed by atoms with E-state index in [1.807, 2.05) is 12.1 Å². The summed E-state index contributed by atoms with van der Waals surface area (Å²) < 4.78 is 11.2. The van der Waals surface area contributed by atoms with Gasteiger partial charge in [0.15, 0.2) is 11.5 Å². The van der Waals surface area contributed by atoms with E-state index in [0.29, 0.717) is 6.42 Å². The number of rotatable bonds is 5. The molecule has 0 spiro atoms. The molecule has 0 radical (unpaired) electrons. The van der Waals surface area contributed by atoms with Crippen molar-refractivity contribution in [2.24, 2.45) is 0 Å². The van der Waals surface area contributed by atoms with Crippen molar-refractivity contribution < 1.29 is 9.47 Å². The van der Waals surface area contributed by atoms with E-state index in [2.05, 4.69) is 17.5 Å². The molecule has 1 aromatic carbocycles. The summed E-state index contributed by atoms with van der Waals surface area (Å²) in [5, 5.41) is 11.7. The molecule has 18 heavy (non-hydrogen) atoms. The maximum Gasteiger partial charge on any atom is 0.161 e. The van der Waals surface area contributed by atoms with Crippen LogP contribution in [0.2, 0.25) is 0 Å². The Morgan fingerprint density at radius 2 is 2.00 bits per heavy atom. The highest BCUT2D eigenvalue weighted by Crippen LogP contribution is 2.30. The molecule has 0 amide bonds. The Balaban J connectivity index is 1.86. The summed E-state index contributed by atoms with van der Waals surface area (Å²) in [4.78, 5) is 0. The Morgan fingerprint density at radius 3 is 2.83 bits per heavy atom. The van der Waals surface area contributed by atoms with Gasteiger partial charge in [0.1, 0.15) is 0 Å². The van der Waals surface area contributed by atoms with Gasteiger partial charge in [-0.3, -0.25) is 0 Å². The Hall–Kier alpha value is -1.73. The smallest absolute Gasteiger partial charge is 0.161 e. The molecule has 1 aromatic rings. The van der Waals surface area contributed by atoms with Crippen LogP contribution in [0.25, 0.3) is 0 Å². The second-order valence-electron chi connectivity index (χ2n) is 4.24. The third kappa shape index (κ3) is 3.64. The van der Waals surface area contributed by atoms with Crippen molar-refractivity contribution >= 4 is 0 Å². The third-order valence-corrected chi connectivity index (χ3v) is 2.82. The lowest BCUT2D eigenvalue weighted by Gasteiger charge is -2.09. The lowest BCUT2D eigenvalue weighted by molar-refractivity contribution is 0.297. The van der Waals surface area contributed by atoms with Gasteiger partial charge >= 0.3 is 0 Å². The molecule has 2 rings (SSSR count). The summed E-state index contributed by atoms with van der Waals surface area (Å²) in [6, 6.07) is 8.21. The van der Waals surface area contributed by atoms with E-state index in [1.54, 1.807) is 0 Å². The predicted molar refractivity (Wildman–Crippen MR) is 68.9 cm³/mol. The van der Waals surface area contributed by atoms with Gasteiger partial charge in [0, 0.05) is 19.4 Å². The second kappa shape index (κ2) is 6.87. The molecule has 4 heteroatoms. The number of hydrogen-bond acceptors (Lipinski definition) is 4. The van der Waals surface area contributed by atoms with E-state index >= 15 is 0 Å². The molecule has 1 aliphatic heterocycles. The maximum atomic E-state index is 8.42. The maximum absolute atomic E-state index is 8.42. The normalized spacial score (nSPS) is 13.7. The van der Waals surface area contributed by atoms with Crippen LogP contribution in [0.1, 0.15) is 18.4 Å². The number of nitrogens with zero attached hydrogens (tertiary/aromatic N) is 1. The molecule has 0 bridgehead atoms. The topological polar surface area (TPSA) is 54.3 Å². The largest absolute Gasteiger partial charge is 0.490 e. The molecule has 96 valence electrons. The molecule has 1 N–H and O–H groups in total. The lowest BCUT2D eigenvalue weighted by atomic mass is 10.1. The van der Waals surface area contributed by atoms with Crippen LogP contribution in [0.3, 0.4) is 0 Å². The Kier molecular flexibility index (Phi) is 4.86. The summed E-state index contributed by atoms with van der Waals surface area (Å²) in [5.41, 5.74) is 1.23. The van der Waals surface area contributed by atoms with Crippen molar-refractivity contribution in [2.75, 3.05) is 26.3 Å². The highest BCUT2D eigenvalue weighted by atomic mass is 16.5. The molecule has 0 fully saturated rings. The summed E-state index contributed by atoms with van der Waals surface area (Å²) in [6.45, 7) is 3.07. The van der Waals surface area contributed by atoms with Gasteiger partial charge in [0.2, 0.25) is 0 Å². The standard InChI is InChI=1S/C14H18N2O2/c15-6-1-7-16-8-5-12-3-4-13-14(11-12)18-10-2-9-17-13/h3-4,11,16H,1-2,5,7-10H2.